The highest BCUT2D eigenvalue weighted by atomic mass is 16.4. The van der Waals surface area contributed by atoms with Crippen LogP contribution in [0.2, 0.25) is 0 Å². The van der Waals surface area contributed by atoms with Gasteiger partial charge in [-0.1, -0.05) is 19.1 Å². The van der Waals surface area contributed by atoms with Crippen LogP contribution >= 0.6 is 0 Å². The SMILES string of the molecule is CC/C=C1/C(C(=O)O)=CN2c3c1c(N)c(C)c(NCCNc1ccccn1)c3N(C)CC2C. The summed E-state index contributed by atoms with van der Waals surface area (Å²) < 4.78 is 0. The van der Waals surface area contributed by atoms with E-state index in [-0.39, 0.29) is 11.6 Å². The minimum absolute atomic E-state index is 0.111. The first-order chi connectivity index (χ1) is 15.8. The number of nitrogens with two attached hydrogens (primary N) is 1. The number of aromatic nitrogens is 1. The maximum atomic E-state index is 12.1. The van der Waals surface area contributed by atoms with Crippen molar-refractivity contribution in [2.75, 3.05) is 52.8 Å². The van der Waals surface area contributed by atoms with Crippen LogP contribution < -0.4 is 26.2 Å². The lowest BCUT2D eigenvalue weighted by molar-refractivity contribution is -0.132. The first kappa shape index (κ1) is 22.5. The number of likely N-dealkylation sites (N-methyl/N-ethyl adjacent to an activating group) is 1. The standard InChI is InChI=1S/C25H32N6O2/c1-5-8-17-18(25(32)33)14-31-15(2)13-30(4)24-22(16(3)21(26)20(17)23(24)31)29-12-11-28-19-9-6-7-10-27-19/h6-10,14-15,29H,5,11-13,26H2,1-4H3,(H,27,28)(H,32,33)/b17-8-. The normalized spacial score (nSPS) is 18.1. The molecule has 8 nitrogen and oxygen atoms in total. The van der Waals surface area contributed by atoms with Gasteiger partial charge >= 0.3 is 5.97 Å². The van der Waals surface area contributed by atoms with Crippen molar-refractivity contribution in [3.8, 4) is 0 Å². The second-order valence-electron chi connectivity index (χ2n) is 8.57. The van der Waals surface area contributed by atoms with Gasteiger partial charge in [-0.15, -0.1) is 0 Å². The molecule has 0 saturated carbocycles. The minimum atomic E-state index is -0.937. The van der Waals surface area contributed by atoms with Crippen LogP contribution in [0, 0.1) is 6.92 Å². The fraction of sp³-hybridized carbons (Fsp3) is 0.360. The Bertz CT molecular complexity index is 1130. The second kappa shape index (κ2) is 9.05. The number of anilines is 5. The molecule has 0 amide bonds. The fourth-order valence-electron chi connectivity index (χ4n) is 4.74. The predicted molar refractivity (Wildman–Crippen MR) is 136 cm³/mol. The van der Waals surface area contributed by atoms with Crippen LogP contribution in [0.3, 0.4) is 0 Å². The summed E-state index contributed by atoms with van der Waals surface area (Å²) in [4.78, 5) is 20.7. The lowest BCUT2D eigenvalue weighted by atomic mass is 9.85. The van der Waals surface area contributed by atoms with E-state index in [1.54, 1.807) is 12.4 Å². The van der Waals surface area contributed by atoms with E-state index < -0.39 is 5.97 Å². The summed E-state index contributed by atoms with van der Waals surface area (Å²) in [5, 5.41) is 16.8. The lowest BCUT2D eigenvalue weighted by Gasteiger charge is -2.45. The number of benzene rings is 1. The average molecular weight is 449 g/mol. The van der Waals surface area contributed by atoms with Gasteiger partial charge in [0, 0.05) is 56.4 Å². The van der Waals surface area contributed by atoms with Gasteiger partial charge in [-0.05, 0) is 43.5 Å². The number of nitrogens with one attached hydrogen (secondary N) is 2. The van der Waals surface area contributed by atoms with Gasteiger partial charge in [0.15, 0.2) is 0 Å². The largest absolute Gasteiger partial charge is 0.478 e. The van der Waals surface area contributed by atoms with Crippen LogP contribution in [0.5, 0.6) is 0 Å². The molecule has 4 rings (SSSR count). The smallest absolute Gasteiger partial charge is 0.337 e. The van der Waals surface area contributed by atoms with E-state index in [0.717, 1.165) is 47.0 Å². The number of allylic oxidation sites excluding steroid dienone is 1. The molecule has 5 N–H and O–H groups in total. The van der Waals surface area contributed by atoms with E-state index in [0.29, 0.717) is 24.4 Å². The van der Waals surface area contributed by atoms with E-state index in [9.17, 15) is 9.90 Å². The third-order valence-electron chi connectivity index (χ3n) is 6.26. The van der Waals surface area contributed by atoms with Gasteiger partial charge in [0.25, 0.3) is 0 Å². The van der Waals surface area contributed by atoms with E-state index >= 15 is 0 Å². The van der Waals surface area contributed by atoms with Crippen molar-refractivity contribution < 1.29 is 9.90 Å². The van der Waals surface area contributed by atoms with Crippen LogP contribution in [0.25, 0.3) is 5.57 Å². The molecular formula is C25H32N6O2. The van der Waals surface area contributed by atoms with Crippen molar-refractivity contribution in [1.82, 2.24) is 4.98 Å². The minimum Gasteiger partial charge on any atom is -0.478 e. The maximum Gasteiger partial charge on any atom is 0.337 e. The Labute approximate surface area is 194 Å². The first-order valence-corrected chi connectivity index (χ1v) is 11.3. The number of pyridine rings is 1. The number of hydrogen-bond acceptors (Lipinski definition) is 7. The van der Waals surface area contributed by atoms with Crippen molar-refractivity contribution in [2.24, 2.45) is 0 Å². The zero-order valence-electron chi connectivity index (χ0n) is 19.6. The number of aliphatic carboxylic acids is 1. The molecule has 2 aromatic rings. The molecular weight excluding hydrogens is 416 g/mol. The molecule has 3 heterocycles. The van der Waals surface area contributed by atoms with E-state index in [1.165, 1.54) is 0 Å². The zero-order valence-corrected chi connectivity index (χ0v) is 19.6. The van der Waals surface area contributed by atoms with Crippen LogP contribution in [0.15, 0.2) is 42.2 Å². The van der Waals surface area contributed by atoms with Gasteiger partial charge < -0.3 is 31.3 Å². The highest BCUT2D eigenvalue weighted by molar-refractivity contribution is 6.14. The Morgan fingerprint density at radius 2 is 2.06 bits per heavy atom. The van der Waals surface area contributed by atoms with Crippen molar-refractivity contribution >= 4 is 40.1 Å². The molecule has 2 aliphatic rings. The summed E-state index contributed by atoms with van der Waals surface area (Å²) in [6.45, 7) is 8.26. The second-order valence-corrected chi connectivity index (χ2v) is 8.57. The number of nitrogens with zero attached hydrogens (tertiary/aromatic N) is 3. The van der Waals surface area contributed by atoms with Crippen molar-refractivity contribution in [2.45, 2.75) is 33.2 Å². The molecule has 1 aromatic carbocycles. The first-order valence-electron chi connectivity index (χ1n) is 11.3. The van der Waals surface area contributed by atoms with E-state index in [2.05, 4.69) is 39.4 Å². The maximum absolute atomic E-state index is 12.1. The quantitative estimate of drug-likeness (QED) is 0.373. The third-order valence-corrected chi connectivity index (χ3v) is 6.26. The highest BCUT2D eigenvalue weighted by Gasteiger charge is 2.38. The Hall–Kier alpha value is -3.68. The molecule has 0 fully saturated rings. The summed E-state index contributed by atoms with van der Waals surface area (Å²) in [5.74, 6) is -0.104. The van der Waals surface area contributed by atoms with Crippen molar-refractivity contribution in [1.29, 1.82) is 0 Å². The number of carboxylic acids is 1. The number of carboxylic acid groups (broad SMARTS) is 1. The topological polar surface area (TPSA) is 107 Å². The molecule has 0 spiro atoms. The molecule has 0 saturated heterocycles. The third kappa shape index (κ3) is 3.97. The van der Waals surface area contributed by atoms with Gasteiger partial charge in [0.1, 0.15) is 5.82 Å². The summed E-state index contributed by atoms with van der Waals surface area (Å²) >= 11 is 0. The van der Waals surface area contributed by atoms with Gasteiger partial charge in [0.05, 0.1) is 22.6 Å². The number of hydrogen-bond donors (Lipinski definition) is 4. The Morgan fingerprint density at radius 3 is 2.73 bits per heavy atom. The molecule has 1 unspecified atom stereocenters. The fourth-order valence-corrected chi connectivity index (χ4v) is 4.74. The molecule has 1 aromatic heterocycles. The van der Waals surface area contributed by atoms with Gasteiger partial charge in [-0.25, -0.2) is 9.78 Å². The molecule has 1 atom stereocenters. The monoisotopic (exact) mass is 448 g/mol. The summed E-state index contributed by atoms with van der Waals surface area (Å²) in [6, 6.07) is 5.89. The lowest BCUT2D eigenvalue weighted by Crippen LogP contribution is -2.46. The van der Waals surface area contributed by atoms with Crippen molar-refractivity contribution in [3.05, 3.63) is 53.4 Å². The molecule has 0 bridgehead atoms. The van der Waals surface area contributed by atoms with Crippen LogP contribution in [0.4, 0.5) is 28.6 Å². The Morgan fingerprint density at radius 1 is 1.30 bits per heavy atom. The van der Waals surface area contributed by atoms with Gasteiger partial charge in [0.2, 0.25) is 0 Å². The van der Waals surface area contributed by atoms with E-state index in [1.807, 2.05) is 38.1 Å². The number of carbonyl (C=O) groups is 1. The molecule has 0 aliphatic carbocycles. The zero-order chi connectivity index (χ0) is 23.7. The molecule has 174 valence electrons. The van der Waals surface area contributed by atoms with Gasteiger partial charge in [-0.3, -0.25) is 0 Å². The molecule has 33 heavy (non-hydrogen) atoms. The Balaban J connectivity index is 1.76. The summed E-state index contributed by atoms with van der Waals surface area (Å²) in [7, 11) is 2.08. The Kier molecular flexibility index (Phi) is 6.18. The predicted octanol–water partition coefficient (Wildman–Crippen LogP) is 3.92. The van der Waals surface area contributed by atoms with Crippen molar-refractivity contribution in [3.63, 3.8) is 0 Å². The van der Waals surface area contributed by atoms with Gasteiger partial charge in [-0.2, -0.15) is 0 Å². The molecule has 0 radical (unpaired) electrons. The average Bonchev–Trinajstić information content (AvgIpc) is 2.79. The van der Waals surface area contributed by atoms with E-state index in [4.69, 9.17) is 5.73 Å². The number of nitrogen functional groups attached to an aromatic ring is 1. The van der Waals surface area contributed by atoms with Crippen LogP contribution in [-0.2, 0) is 4.79 Å². The highest BCUT2D eigenvalue weighted by Crippen LogP contribution is 2.53. The molecule has 8 heteroatoms. The molecule has 2 aliphatic heterocycles. The summed E-state index contributed by atoms with van der Waals surface area (Å²) in [6.07, 6.45) is 6.22. The number of rotatable bonds is 7. The van der Waals surface area contributed by atoms with Crippen LogP contribution in [-0.4, -0.2) is 48.8 Å². The summed E-state index contributed by atoms with van der Waals surface area (Å²) in [5.41, 5.74) is 13.1. The van der Waals surface area contributed by atoms with Crippen LogP contribution in [0.1, 0.15) is 31.4 Å².